The highest BCUT2D eigenvalue weighted by atomic mass is 16.4. The second-order valence-corrected chi connectivity index (χ2v) is 4.94. The molecule has 6 heteroatoms. The third kappa shape index (κ3) is 6.09. The molecule has 0 saturated carbocycles. The van der Waals surface area contributed by atoms with Gasteiger partial charge in [0.2, 0.25) is 0 Å². The van der Waals surface area contributed by atoms with Crippen LogP contribution < -0.4 is 5.32 Å². The van der Waals surface area contributed by atoms with Crippen LogP contribution in [0.15, 0.2) is 0 Å². The number of aliphatic carboxylic acids is 1. The van der Waals surface area contributed by atoms with Crippen molar-refractivity contribution in [1.82, 2.24) is 10.2 Å². The molecule has 0 aliphatic carbocycles. The second-order valence-electron chi connectivity index (χ2n) is 4.94. The van der Waals surface area contributed by atoms with Crippen molar-refractivity contribution in [1.29, 1.82) is 5.26 Å². The number of amides is 2. The molecule has 2 unspecified atom stereocenters. The number of carboxylic acids is 1. The maximum atomic E-state index is 11.9. The Morgan fingerprint density at radius 1 is 1.37 bits per heavy atom. The highest BCUT2D eigenvalue weighted by Crippen LogP contribution is 2.10. The molecule has 0 fully saturated rings. The van der Waals surface area contributed by atoms with Gasteiger partial charge in [-0.1, -0.05) is 13.8 Å². The summed E-state index contributed by atoms with van der Waals surface area (Å²) >= 11 is 0. The number of carbonyl (C=O) groups excluding carboxylic acids is 1. The number of nitrogens with one attached hydrogen (secondary N) is 1. The SMILES string of the molecule is CCN(CC(C)C#N)C(=O)NCC(C(=O)O)C(C)C. The summed E-state index contributed by atoms with van der Waals surface area (Å²) < 4.78 is 0. The van der Waals surface area contributed by atoms with Crippen molar-refractivity contribution in [2.45, 2.75) is 27.7 Å². The number of rotatable bonds is 7. The first-order valence-electron chi connectivity index (χ1n) is 6.48. The van der Waals surface area contributed by atoms with Crippen molar-refractivity contribution in [3.63, 3.8) is 0 Å². The van der Waals surface area contributed by atoms with Crippen LogP contribution in [0.4, 0.5) is 4.79 Å². The van der Waals surface area contributed by atoms with Crippen LogP contribution in [0.5, 0.6) is 0 Å². The van der Waals surface area contributed by atoms with Gasteiger partial charge in [0.1, 0.15) is 0 Å². The third-order valence-electron chi connectivity index (χ3n) is 2.98. The molecule has 0 radical (unpaired) electrons. The third-order valence-corrected chi connectivity index (χ3v) is 2.98. The Hall–Kier alpha value is -1.77. The Kier molecular flexibility index (Phi) is 7.57. The van der Waals surface area contributed by atoms with Crippen molar-refractivity contribution in [2.24, 2.45) is 17.8 Å². The fraction of sp³-hybridized carbons (Fsp3) is 0.769. The smallest absolute Gasteiger partial charge is 0.317 e. The maximum Gasteiger partial charge on any atom is 0.317 e. The van der Waals surface area contributed by atoms with Gasteiger partial charge in [0, 0.05) is 19.6 Å². The van der Waals surface area contributed by atoms with Gasteiger partial charge in [0.25, 0.3) is 0 Å². The first kappa shape index (κ1) is 17.2. The van der Waals surface area contributed by atoms with Crippen LogP contribution >= 0.6 is 0 Å². The standard InChI is InChI=1S/C13H23N3O3/c1-5-16(8-10(4)6-14)13(19)15-7-11(9(2)3)12(17)18/h9-11H,5,7-8H2,1-4H3,(H,15,19)(H,17,18). The number of hydrogen-bond donors (Lipinski definition) is 2. The first-order valence-corrected chi connectivity index (χ1v) is 6.48. The molecule has 2 atom stereocenters. The Morgan fingerprint density at radius 3 is 2.32 bits per heavy atom. The highest BCUT2D eigenvalue weighted by Gasteiger charge is 2.23. The van der Waals surface area contributed by atoms with Crippen LogP contribution in [0, 0.1) is 29.1 Å². The fourth-order valence-corrected chi connectivity index (χ4v) is 1.64. The summed E-state index contributed by atoms with van der Waals surface area (Å²) in [5, 5.41) is 20.4. The predicted molar refractivity (Wildman–Crippen MR) is 71.4 cm³/mol. The van der Waals surface area contributed by atoms with Gasteiger partial charge in [0.05, 0.1) is 17.9 Å². The molecule has 0 aromatic carbocycles. The van der Waals surface area contributed by atoms with Crippen molar-refractivity contribution in [3.8, 4) is 6.07 Å². The summed E-state index contributed by atoms with van der Waals surface area (Å²) in [6.45, 7) is 8.10. The summed E-state index contributed by atoms with van der Waals surface area (Å²) in [5.41, 5.74) is 0. The van der Waals surface area contributed by atoms with Crippen LogP contribution in [0.1, 0.15) is 27.7 Å². The van der Waals surface area contributed by atoms with E-state index in [4.69, 9.17) is 10.4 Å². The van der Waals surface area contributed by atoms with Gasteiger partial charge >= 0.3 is 12.0 Å². The van der Waals surface area contributed by atoms with Gasteiger partial charge in [0.15, 0.2) is 0 Å². The number of nitriles is 1. The van der Waals surface area contributed by atoms with Gasteiger partial charge in [-0.2, -0.15) is 5.26 Å². The minimum absolute atomic E-state index is 0.0501. The van der Waals surface area contributed by atoms with Gasteiger partial charge in [-0.15, -0.1) is 0 Å². The van der Waals surface area contributed by atoms with Crippen LogP contribution in [-0.2, 0) is 4.79 Å². The molecular weight excluding hydrogens is 246 g/mol. The topological polar surface area (TPSA) is 93.4 Å². The normalized spacial score (nSPS) is 13.5. The first-order chi connectivity index (χ1) is 8.83. The molecule has 19 heavy (non-hydrogen) atoms. The zero-order chi connectivity index (χ0) is 15.0. The van der Waals surface area contributed by atoms with Crippen molar-refractivity contribution >= 4 is 12.0 Å². The summed E-state index contributed by atoms with van der Waals surface area (Å²) in [6, 6.07) is 1.75. The summed E-state index contributed by atoms with van der Waals surface area (Å²) in [6.07, 6.45) is 0. The van der Waals surface area contributed by atoms with Gasteiger partial charge in [-0.25, -0.2) is 4.79 Å². The molecule has 0 bridgehead atoms. The second kappa shape index (κ2) is 8.35. The number of hydrogen-bond acceptors (Lipinski definition) is 3. The Bertz CT molecular complexity index is 350. The summed E-state index contributed by atoms with van der Waals surface area (Å²) in [4.78, 5) is 24.4. The van der Waals surface area contributed by atoms with E-state index < -0.39 is 11.9 Å². The van der Waals surface area contributed by atoms with E-state index in [-0.39, 0.29) is 24.4 Å². The van der Waals surface area contributed by atoms with E-state index in [1.165, 1.54) is 4.90 Å². The number of nitrogens with zero attached hydrogens (tertiary/aromatic N) is 2. The molecule has 0 aromatic rings. The molecule has 6 nitrogen and oxygen atoms in total. The van der Waals surface area contributed by atoms with E-state index in [1.807, 2.05) is 6.92 Å². The van der Waals surface area contributed by atoms with E-state index in [1.54, 1.807) is 20.8 Å². The van der Waals surface area contributed by atoms with Crippen LogP contribution in [0.25, 0.3) is 0 Å². The van der Waals surface area contributed by atoms with Crippen LogP contribution in [0.2, 0.25) is 0 Å². The Labute approximate surface area is 114 Å². The fourth-order valence-electron chi connectivity index (χ4n) is 1.64. The van der Waals surface area contributed by atoms with E-state index in [0.29, 0.717) is 13.1 Å². The molecule has 2 N–H and O–H groups in total. The van der Waals surface area contributed by atoms with Gasteiger partial charge in [-0.3, -0.25) is 4.79 Å². The average Bonchev–Trinajstić information content (AvgIpc) is 2.34. The van der Waals surface area contributed by atoms with Crippen molar-refractivity contribution < 1.29 is 14.7 Å². The molecule has 0 aromatic heterocycles. The monoisotopic (exact) mass is 269 g/mol. The quantitative estimate of drug-likeness (QED) is 0.733. The Morgan fingerprint density at radius 2 is 1.95 bits per heavy atom. The molecular formula is C13H23N3O3. The molecule has 0 aliphatic rings. The molecule has 0 rings (SSSR count). The molecule has 0 aliphatic heterocycles. The average molecular weight is 269 g/mol. The molecule has 2 amide bonds. The van der Waals surface area contributed by atoms with E-state index >= 15 is 0 Å². The zero-order valence-electron chi connectivity index (χ0n) is 12.0. The lowest BCUT2D eigenvalue weighted by Crippen LogP contribution is -2.45. The van der Waals surface area contributed by atoms with Gasteiger partial charge in [-0.05, 0) is 19.8 Å². The number of carbonyl (C=O) groups is 2. The lowest BCUT2D eigenvalue weighted by Gasteiger charge is -2.24. The maximum absolute atomic E-state index is 11.9. The van der Waals surface area contributed by atoms with Gasteiger partial charge < -0.3 is 15.3 Å². The van der Waals surface area contributed by atoms with Crippen molar-refractivity contribution in [2.75, 3.05) is 19.6 Å². The van der Waals surface area contributed by atoms with Crippen molar-refractivity contribution in [3.05, 3.63) is 0 Å². The molecule has 0 saturated heterocycles. The van der Waals surface area contributed by atoms with Crippen LogP contribution in [-0.4, -0.2) is 41.6 Å². The minimum atomic E-state index is -0.913. The van der Waals surface area contributed by atoms with E-state index in [0.717, 1.165) is 0 Å². The Balaban J connectivity index is 4.42. The highest BCUT2D eigenvalue weighted by molar-refractivity contribution is 5.76. The minimum Gasteiger partial charge on any atom is -0.481 e. The van der Waals surface area contributed by atoms with E-state index in [2.05, 4.69) is 11.4 Å². The predicted octanol–water partition coefficient (Wildman–Crippen LogP) is 1.53. The lowest BCUT2D eigenvalue weighted by molar-refractivity contribution is -0.142. The van der Waals surface area contributed by atoms with E-state index in [9.17, 15) is 9.59 Å². The van der Waals surface area contributed by atoms with Crippen LogP contribution in [0.3, 0.4) is 0 Å². The number of carboxylic acid groups (broad SMARTS) is 1. The molecule has 108 valence electrons. The summed E-state index contributed by atoms with van der Waals surface area (Å²) in [7, 11) is 0. The molecule has 0 heterocycles. The largest absolute Gasteiger partial charge is 0.481 e. The lowest BCUT2D eigenvalue weighted by atomic mass is 9.96. The molecule has 0 spiro atoms. The zero-order valence-corrected chi connectivity index (χ0v) is 12.0. The summed E-state index contributed by atoms with van der Waals surface area (Å²) in [5.74, 6) is -1.81. The number of urea groups is 1.